The first-order chi connectivity index (χ1) is 9.51. The second-order valence-electron chi connectivity index (χ2n) is 5.19. The zero-order valence-electron chi connectivity index (χ0n) is 10.9. The molecule has 2 aromatic rings. The van der Waals surface area contributed by atoms with Gasteiger partial charge >= 0.3 is 0 Å². The smallest absolute Gasteiger partial charge is 0.238 e. The number of nitrogen functional groups attached to an aromatic ring is 1. The number of rotatable bonds is 2. The van der Waals surface area contributed by atoms with Crippen molar-refractivity contribution in [2.45, 2.75) is 37.8 Å². The summed E-state index contributed by atoms with van der Waals surface area (Å²) < 4.78 is 15.7. The van der Waals surface area contributed by atoms with Crippen LogP contribution in [0.3, 0.4) is 0 Å². The van der Waals surface area contributed by atoms with Gasteiger partial charge in [0, 0.05) is 5.41 Å². The maximum absolute atomic E-state index is 14.2. The Bertz CT molecular complexity index is 726. The molecular formula is C13H13ClFN5. The molecule has 0 aliphatic heterocycles. The van der Waals surface area contributed by atoms with Crippen molar-refractivity contribution in [1.29, 1.82) is 5.26 Å². The minimum Gasteiger partial charge on any atom is -0.367 e. The van der Waals surface area contributed by atoms with Gasteiger partial charge in [-0.05, 0) is 19.8 Å². The average Bonchev–Trinajstić information content (AvgIpc) is 2.61. The Kier molecular flexibility index (Phi) is 2.83. The van der Waals surface area contributed by atoms with Crippen LogP contribution in [0, 0.1) is 11.3 Å². The maximum Gasteiger partial charge on any atom is 0.238 e. The number of nitrogens with zero attached hydrogens (tertiary/aromatic N) is 4. The molecular weight excluding hydrogens is 281 g/mol. The number of alkyl halides is 1. The average molecular weight is 294 g/mol. The Morgan fingerprint density at radius 3 is 2.80 bits per heavy atom. The Morgan fingerprint density at radius 2 is 2.30 bits per heavy atom. The van der Waals surface area contributed by atoms with Crippen LogP contribution in [0.25, 0.3) is 5.52 Å². The van der Waals surface area contributed by atoms with Crippen LogP contribution in [0.1, 0.15) is 37.4 Å². The molecule has 5 nitrogen and oxygen atoms in total. The number of nitriles is 1. The number of aromatic nitrogens is 3. The van der Waals surface area contributed by atoms with Crippen LogP contribution >= 0.6 is 11.6 Å². The minimum absolute atomic E-state index is 0.0656. The second-order valence-corrected chi connectivity index (χ2v) is 5.57. The van der Waals surface area contributed by atoms with Crippen molar-refractivity contribution in [3.63, 3.8) is 0 Å². The van der Waals surface area contributed by atoms with Crippen LogP contribution in [0.4, 0.5) is 10.3 Å². The molecule has 2 heterocycles. The molecule has 20 heavy (non-hydrogen) atoms. The van der Waals surface area contributed by atoms with Gasteiger partial charge in [-0.15, -0.1) is 5.10 Å². The number of fused-ring (bicyclic) bond motifs is 1. The Labute approximate surface area is 120 Å². The van der Waals surface area contributed by atoms with Crippen LogP contribution in [-0.4, -0.2) is 20.8 Å². The second kappa shape index (κ2) is 4.32. The van der Waals surface area contributed by atoms with E-state index >= 15 is 0 Å². The van der Waals surface area contributed by atoms with Crippen LogP contribution < -0.4 is 5.73 Å². The molecule has 0 aromatic carbocycles. The number of halogens is 2. The summed E-state index contributed by atoms with van der Waals surface area (Å²) in [6.45, 7) is 1.51. The summed E-state index contributed by atoms with van der Waals surface area (Å²) in [5.74, 6) is 0.0656. The standard InChI is InChI=1S/C13H13ClFN5/c1-7(15)13(3-2-4-13)11-8(5-16)10(14)9-6-18-12(17)19-20(9)11/h6-7H,2-4H2,1H3,(H2,17,19). The first-order valence-electron chi connectivity index (χ1n) is 6.38. The quantitative estimate of drug-likeness (QED) is 0.923. The molecule has 7 heteroatoms. The van der Waals surface area contributed by atoms with E-state index in [4.69, 9.17) is 17.3 Å². The summed E-state index contributed by atoms with van der Waals surface area (Å²) in [4.78, 5) is 3.89. The van der Waals surface area contributed by atoms with Gasteiger partial charge in [0.2, 0.25) is 5.95 Å². The van der Waals surface area contributed by atoms with Crippen LogP contribution in [0.5, 0.6) is 0 Å². The van der Waals surface area contributed by atoms with Crippen molar-refractivity contribution in [3.8, 4) is 6.07 Å². The third kappa shape index (κ3) is 1.53. The van der Waals surface area contributed by atoms with Gasteiger partial charge < -0.3 is 5.73 Å². The lowest BCUT2D eigenvalue weighted by atomic mass is 9.63. The third-order valence-corrected chi connectivity index (χ3v) is 4.62. The lowest BCUT2D eigenvalue weighted by Gasteiger charge is -2.43. The van der Waals surface area contributed by atoms with Crippen LogP contribution in [0.2, 0.25) is 5.02 Å². The van der Waals surface area contributed by atoms with Gasteiger partial charge in [-0.25, -0.2) is 13.9 Å². The summed E-state index contributed by atoms with van der Waals surface area (Å²) >= 11 is 6.22. The zero-order valence-corrected chi connectivity index (χ0v) is 11.7. The normalized spacial score (nSPS) is 18.5. The van der Waals surface area contributed by atoms with Gasteiger partial charge in [-0.3, -0.25) is 0 Å². The molecule has 1 saturated carbocycles. The molecule has 3 rings (SSSR count). The monoisotopic (exact) mass is 293 g/mol. The first-order valence-corrected chi connectivity index (χ1v) is 6.76. The summed E-state index contributed by atoms with van der Waals surface area (Å²) in [7, 11) is 0. The van der Waals surface area contributed by atoms with Gasteiger partial charge in [0.25, 0.3) is 0 Å². The molecule has 1 aliphatic carbocycles. The predicted octanol–water partition coefficient (Wildman–Crippen LogP) is 2.62. The SMILES string of the molecule is CC(F)C1(c2c(C#N)c(Cl)c3cnc(N)nn23)CCC1. The predicted molar refractivity (Wildman–Crippen MR) is 73.2 cm³/mol. The highest BCUT2D eigenvalue weighted by Gasteiger charge is 2.48. The van der Waals surface area contributed by atoms with Crippen LogP contribution in [0.15, 0.2) is 6.20 Å². The number of hydrogen-bond acceptors (Lipinski definition) is 4. The zero-order chi connectivity index (χ0) is 14.5. The summed E-state index contributed by atoms with van der Waals surface area (Å²) in [5.41, 5.74) is 6.19. The van der Waals surface area contributed by atoms with E-state index in [9.17, 15) is 9.65 Å². The number of hydrogen-bond donors (Lipinski definition) is 1. The summed E-state index contributed by atoms with van der Waals surface area (Å²) in [5, 5.41) is 13.8. The van der Waals surface area contributed by atoms with E-state index in [1.165, 1.54) is 17.6 Å². The van der Waals surface area contributed by atoms with E-state index in [2.05, 4.69) is 16.2 Å². The fraction of sp³-hybridized carbons (Fsp3) is 0.462. The lowest BCUT2D eigenvalue weighted by Crippen LogP contribution is -2.43. The van der Waals surface area contributed by atoms with Crippen molar-refractivity contribution >= 4 is 23.1 Å². The van der Waals surface area contributed by atoms with Crippen molar-refractivity contribution in [2.24, 2.45) is 0 Å². The molecule has 0 radical (unpaired) electrons. The van der Waals surface area contributed by atoms with Crippen LogP contribution in [-0.2, 0) is 5.41 Å². The fourth-order valence-corrected chi connectivity index (χ4v) is 3.23. The Hall–Kier alpha value is -1.87. The van der Waals surface area contributed by atoms with Gasteiger partial charge in [0.05, 0.1) is 22.5 Å². The highest BCUT2D eigenvalue weighted by atomic mass is 35.5. The van der Waals surface area contributed by atoms with Gasteiger partial charge in [0.15, 0.2) is 0 Å². The fourth-order valence-electron chi connectivity index (χ4n) is 2.96. The highest BCUT2D eigenvalue weighted by Crippen LogP contribution is 2.50. The first kappa shape index (κ1) is 13.1. The summed E-state index contributed by atoms with van der Waals surface area (Å²) in [6.07, 6.45) is 2.64. The highest BCUT2D eigenvalue weighted by molar-refractivity contribution is 6.35. The van der Waals surface area contributed by atoms with Gasteiger partial charge in [0.1, 0.15) is 17.8 Å². The molecule has 104 valence electrons. The van der Waals surface area contributed by atoms with Gasteiger partial charge in [-0.1, -0.05) is 18.0 Å². The molecule has 1 fully saturated rings. The van der Waals surface area contributed by atoms with E-state index in [1.54, 1.807) is 0 Å². The molecule has 1 unspecified atom stereocenters. The topological polar surface area (TPSA) is 80.0 Å². The lowest BCUT2D eigenvalue weighted by molar-refractivity contribution is 0.108. The minimum atomic E-state index is -1.09. The maximum atomic E-state index is 14.2. The molecule has 2 N–H and O–H groups in total. The molecule has 0 amide bonds. The van der Waals surface area contributed by atoms with E-state index in [1.807, 2.05) is 0 Å². The van der Waals surface area contributed by atoms with Crippen molar-refractivity contribution in [3.05, 3.63) is 22.5 Å². The third-order valence-electron chi connectivity index (χ3n) is 4.23. The van der Waals surface area contributed by atoms with E-state index < -0.39 is 11.6 Å². The van der Waals surface area contributed by atoms with E-state index in [-0.39, 0.29) is 16.5 Å². The Balaban J connectivity index is 2.40. The van der Waals surface area contributed by atoms with E-state index in [0.717, 1.165) is 6.42 Å². The summed E-state index contributed by atoms with van der Waals surface area (Å²) in [6, 6.07) is 2.07. The number of anilines is 1. The van der Waals surface area contributed by atoms with Gasteiger partial charge in [-0.2, -0.15) is 5.26 Å². The molecule has 0 bridgehead atoms. The molecule has 0 saturated heterocycles. The number of nitrogens with two attached hydrogens (primary N) is 1. The molecule has 1 atom stereocenters. The largest absolute Gasteiger partial charge is 0.367 e. The molecule has 1 aliphatic rings. The molecule has 2 aromatic heterocycles. The van der Waals surface area contributed by atoms with Crippen molar-refractivity contribution in [2.75, 3.05) is 5.73 Å². The van der Waals surface area contributed by atoms with Crippen molar-refractivity contribution < 1.29 is 4.39 Å². The van der Waals surface area contributed by atoms with E-state index in [0.29, 0.717) is 24.1 Å². The Morgan fingerprint density at radius 1 is 1.60 bits per heavy atom. The molecule has 0 spiro atoms. The van der Waals surface area contributed by atoms with Crippen molar-refractivity contribution in [1.82, 2.24) is 14.6 Å².